The monoisotopic (exact) mass is 596 g/mol. The van der Waals surface area contributed by atoms with E-state index in [4.69, 9.17) is 4.74 Å². The lowest BCUT2D eigenvalue weighted by Crippen LogP contribution is -2.52. The number of carbonyl (C=O) groups is 2. The van der Waals surface area contributed by atoms with Gasteiger partial charge in [0, 0.05) is 34.4 Å². The summed E-state index contributed by atoms with van der Waals surface area (Å²) in [5.74, 6) is -0.874. The summed E-state index contributed by atoms with van der Waals surface area (Å²) < 4.78 is 6.72. The Kier molecular flexibility index (Phi) is 10.2. The van der Waals surface area contributed by atoms with Gasteiger partial charge in [0.2, 0.25) is 5.91 Å². The number of nitrogens with zero attached hydrogens (tertiary/aromatic N) is 2. The minimum absolute atomic E-state index is 0.233. The first-order valence-electron chi connectivity index (χ1n) is 12.8. The van der Waals surface area contributed by atoms with Gasteiger partial charge in [0.25, 0.3) is 5.91 Å². The summed E-state index contributed by atoms with van der Waals surface area (Å²) in [4.78, 5) is 31.0. The summed E-state index contributed by atoms with van der Waals surface area (Å²) in [5, 5.41) is 15.5. The first kappa shape index (κ1) is 28.7. The maximum Gasteiger partial charge on any atom is 0.251 e. The number of hydrogen-bond donors (Lipinski definition) is 2. The van der Waals surface area contributed by atoms with E-state index in [9.17, 15) is 14.9 Å². The van der Waals surface area contributed by atoms with Crippen LogP contribution in [0.5, 0.6) is 0 Å². The summed E-state index contributed by atoms with van der Waals surface area (Å²) in [7, 11) is 0. The largest absolute Gasteiger partial charge is 0.371 e. The molecule has 7 nitrogen and oxygen atoms in total. The molecular weight excluding hydrogens is 568 g/mol. The van der Waals surface area contributed by atoms with E-state index in [0.717, 1.165) is 26.7 Å². The highest BCUT2D eigenvalue weighted by atomic mass is 79.9. The van der Waals surface area contributed by atoms with E-state index in [2.05, 4.69) is 37.6 Å². The van der Waals surface area contributed by atoms with E-state index in [0.29, 0.717) is 12.2 Å². The number of aromatic nitrogens is 1. The zero-order valence-electron chi connectivity index (χ0n) is 22.0. The maximum atomic E-state index is 13.5. The summed E-state index contributed by atoms with van der Waals surface area (Å²) in [6, 6.07) is 28.3. The highest BCUT2D eigenvalue weighted by Gasteiger charge is 2.27. The first-order valence-corrected chi connectivity index (χ1v) is 13.6. The summed E-state index contributed by atoms with van der Waals surface area (Å²) in [5.41, 5.74) is 3.93. The van der Waals surface area contributed by atoms with Crippen LogP contribution < -0.4 is 10.6 Å². The molecule has 0 saturated carbocycles. The normalized spacial score (nSPS) is 12.9. The van der Waals surface area contributed by atoms with Crippen LogP contribution in [0.3, 0.4) is 0 Å². The number of pyridine rings is 1. The molecule has 40 heavy (non-hydrogen) atoms. The molecule has 0 radical (unpaired) electrons. The van der Waals surface area contributed by atoms with E-state index in [1.165, 1.54) is 0 Å². The Balaban J connectivity index is 1.49. The van der Waals surface area contributed by atoms with Gasteiger partial charge in [-0.25, -0.2) is 0 Å². The van der Waals surface area contributed by atoms with Gasteiger partial charge in [0.1, 0.15) is 12.1 Å². The lowest BCUT2D eigenvalue weighted by Gasteiger charge is -2.24. The molecule has 8 heteroatoms. The van der Waals surface area contributed by atoms with Crippen LogP contribution in [0.2, 0.25) is 0 Å². The minimum Gasteiger partial charge on any atom is -0.371 e. The average Bonchev–Trinajstić information content (AvgIpc) is 2.99. The van der Waals surface area contributed by atoms with E-state index in [1.807, 2.05) is 72.8 Å². The van der Waals surface area contributed by atoms with Gasteiger partial charge in [-0.05, 0) is 53.9 Å². The Morgan fingerprint density at radius 3 is 2.40 bits per heavy atom. The van der Waals surface area contributed by atoms with Crippen molar-refractivity contribution >= 4 is 27.7 Å². The van der Waals surface area contributed by atoms with E-state index in [-0.39, 0.29) is 6.42 Å². The number of nitrogens with one attached hydrogen (secondary N) is 2. The number of halogens is 1. The van der Waals surface area contributed by atoms with Gasteiger partial charge >= 0.3 is 0 Å². The Morgan fingerprint density at radius 1 is 0.925 bits per heavy atom. The number of ether oxygens (including phenoxy) is 1. The lowest BCUT2D eigenvalue weighted by molar-refractivity contribution is -0.124. The molecule has 0 saturated heterocycles. The van der Waals surface area contributed by atoms with Crippen molar-refractivity contribution in [3.8, 4) is 17.2 Å². The van der Waals surface area contributed by atoms with E-state index < -0.39 is 30.0 Å². The van der Waals surface area contributed by atoms with Crippen molar-refractivity contribution in [2.45, 2.75) is 38.1 Å². The standard InChI is InChI=1S/C32H29BrN4O3/c1-22(40-21-23-8-3-2-4-9-23)30(19-34)37-32(39)29(17-24-10-5-14-28(33)16-24)36-31(38)26-12-6-11-25(18-26)27-13-7-15-35-20-27/h2-16,18,20,22,29-30H,17,21H2,1H3,(H,36,38)(H,37,39)/t22-,29+,30-/m1/s1. The summed E-state index contributed by atoms with van der Waals surface area (Å²) >= 11 is 3.46. The second kappa shape index (κ2) is 14.2. The molecule has 0 aliphatic carbocycles. The molecule has 0 fully saturated rings. The highest BCUT2D eigenvalue weighted by Crippen LogP contribution is 2.20. The average molecular weight is 598 g/mol. The molecule has 2 N–H and O–H groups in total. The molecule has 0 spiro atoms. The molecule has 3 aromatic carbocycles. The van der Waals surface area contributed by atoms with E-state index in [1.54, 1.807) is 37.5 Å². The molecule has 0 aliphatic heterocycles. The number of nitriles is 1. The number of carbonyl (C=O) groups excluding carboxylic acids is 2. The Labute approximate surface area is 242 Å². The van der Waals surface area contributed by atoms with Crippen molar-refractivity contribution in [3.63, 3.8) is 0 Å². The van der Waals surface area contributed by atoms with Crippen LogP contribution in [0.4, 0.5) is 0 Å². The fourth-order valence-electron chi connectivity index (χ4n) is 4.13. The molecule has 0 unspecified atom stereocenters. The predicted molar refractivity (Wildman–Crippen MR) is 157 cm³/mol. The molecular formula is C32H29BrN4O3. The Hall–Kier alpha value is -4.32. The van der Waals surface area contributed by atoms with Crippen molar-refractivity contribution in [2.75, 3.05) is 0 Å². The van der Waals surface area contributed by atoms with Crippen molar-refractivity contribution in [1.29, 1.82) is 5.26 Å². The van der Waals surface area contributed by atoms with Crippen molar-refractivity contribution in [2.24, 2.45) is 0 Å². The third kappa shape index (κ3) is 8.09. The quantitative estimate of drug-likeness (QED) is 0.239. The smallest absolute Gasteiger partial charge is 0.251 e. The van der Waals surface area contributed by atoms with Crippen LogP contribution in [0, 0.1) is 11.3 Å². The van der Waals surface area contributed by atoms with Crippen molar-refractivity contribution in [1.82, 2.24) is 15.6 Å². The zero-order chi connectivity index (χ0) is 28.3. The van der Waals surface area contributed by atoms with E-state index >= 15 is 0 Å². The van der Waals surface area contributed by atoms with Crippen LogP contribution in [-0.4, -0.2) is 35.0 Å². The first-order chi connectivity index (χ1) is 19.4. The fourth-order valence-corrected chi connectivity index (χ4v) is 4.58. The van der Waals surface area contributed by atoms with Gasteiger partial charge in [-0.15, -0.1) is 0 Å². The highest BCUT2D eigenvalue weighted by molar-refractivity contribution is 9.10. The number of rotatable bonds is 11. The van der Waals surface area contributed by atoms with Crippen LogP contribution >= 0.6 is 15.9 Å². The van der Waals surface area contributed by atoms with Crippen LogP contribution in [0.1, 0.15) is 28.4 Å². The summed E-state index contributed by atoms with van der Waals surface area (Å²) in [6.45, 7) is 2.05. The second-order valence-electron chi connectivity index (χ2n) is 9.30. The van der Waals surface area contributed by atoms with Gasteiger partial charge in [-0.3, -0.25) is 14.6 Å². The lowest BCUT2D eigenvalue weighted by atomic mass is 10.0. The predicted octanol–water partition coefficient (Wildman–Crippen LogP) is 5.47. The fraction of sp³-hybridized carbons (Fsp3) is 0.188. The molecule has 1 heterocycles. The zero-order valence-corrected chi connectivity index (χ0v) is 23.5. The number of amides is 2. The minimum atomic E-state index is -0.930. The second-order valence-corrected chi connectivity index (χ2v) is 10.2. The molecule has 3 atom stereocenters. The van der Waals surface area contributed by atoms with Crippen LogP contribution in [0.15, 0.2) is 108 Å². The van der Waals surface area contributed by atoms with Gasteiger partial charge in [0.05, 0.1) is 18.8 Å². The van der Waals surface area contributed by atoms with Gasteiger partial charge in [-0.1, -0.05) is 76.6 Å². The molecule has 1 aromatic heterocycles. The number of benzene rings is 3. The van der Waals surface area contributed by atoms with Gasteiger partial charge < -0.3 is 15.4 Å². The molecule has 0 bridgehead atoms. The van der Waals surface area contributed by atoms with Gasteiger partial charge in [0.15, 0.2) is 0 Å². The molecule has 4 rings (SSSR count). The van der Waals surface area contributed by atoms with Crippen molar-refractivity contribution in [3.05, 3.63) is 125 Å². The third-order valence-electron chi connectivity index (χ3n) is 6.33. The molecule has 2 amide bonds. The Morgan fingerprint density at radius 2 is 1.68 bits per heavy atom. The SMILES string of the molecule is C[C@@H](OCc1ccccc1)[C@@H](C#N)NC(=O)[C@H](Cc1cccc(Br)c1)NC(=O)c1cccc(-c2cccnc2)c1. The number of hydrogen-bond acceptors (Lipinski definition) is 5. The molecule has 202 valence electrons. The molecule has 4 aromatic rings. The van der Waals surface area contributed by atoms with Crippen molar-refractivity contribution < 1.29 is 14.3 Å². The summed E-state index contributed by atoms with van der Waals surface area (Å²) in [6.07, 6.45) is 3.07. The maximum absolute atomic E-state index is 13.5. The topological polar surface area (TPSA) is 104 Å². The van der Waals surface area contributed by atoms with Crippen LogP contribution in [0.25, 0.3) is 11.1 Å². The third-order valence-corrected chi connectivity index (χ3v) is 6.83. The van der Waals surface area contributed by atoms with Gasteiger partial charge in [-0.2, -0.15) is 5.26 Å². The Bertz CT molecular complexity index is 1470. The molecule has 0 aliphatic rings. The van der Waals surface area contributed by atoms with Crippen LogP contribution in [-0.2, 0) is 22.6 Å².